The zero-order valence-electron chi connectivity index (χ0n) is 20.7. The van der Waals surface area contributed by atoms with Gasteiger partial charge < -0.3 is 10.6 Å². The Hall–Kier alpha value is -3.13. The average molecular weight is 560 g/mol. The molecule has 1 aromatic heterocycles. The predicted molar refractivity (Wildman–Crippen MR) is 147 cm³/mol. The standard InChI is InChI=1S/C25H29N5O6S2/c31-24(16-29-5-9-37(33,34)10-6-29)26-20-3-1-18-13-19-2-4-21(15-23(19)28-22(18)14-20)27-25(32)17-30-7-11-38(35,36)12-8-30/h1-4,13-15H,5-12,16-17H2,(H,26,31)(H,27,32). The Morgan fingerprint density at radius 3 is 1.45 bits per heavy atom. The Kier molecular flexibility index (Phi) is 7.36. The molecule has 0 spiro atoms. The van der Waals surface area contributed by atoms with Crippen molar-refractivity contribution in [1.82, 2.24) is 14.8 Å². The number of anilines is 2. The molecule has 38 heavy (non-hydrogen) atoms. The highest BCUT2D eigenvalue weighted by Crippen LogP contribution is 2.25. The topological polar surface area (TPSA) is 146 Å². The first-order chi connectivity index (χ1) is 18.0. The molecule has 13 heteroatoms. The van der Waals surface area contributed by atoms with E-state index in [0.717, 1.165) is 10.8 Å². The molecule has 2 saturated heterocycles. The third-order valence-corrected chi connectivity index (χ3v) is 10.0. The molecule has 2 aliphatic rings. The van der Waals surface area contributed by atoms with E-state index in [9.17, 15) is 26.4 Å². The van der Waals surface area contributed by atoms with Gasteiger partial charge in [0.2, 0.25) is 11.8 Å². The molecule has 2 fully saturated rings. The fourth-order valence-electron chi connectivity index (χ4n) is 4.60. The number of pyridine rings is 1. The molecule has 0 atom stereocenters. The molecule has 202 valence electrons. The number of fused-ring (bicyclic) bond motifs is 2. The van der Waals surface area contributed by atoms with Crippen molar-refractivity contribution in [3.63, 3.8) is 0 Å². The van der Waals surface area contributed by atoms with Gasteiger partial charge in [0.05, 0.1) is 47.1 Å². The second-order valence-corrected chi connectivity index (χ2v) is 14.4. The normalized spacial score (nSPS) is 19.8. The largest absolute Gasteiger partial charge is 0.325 e. The van der Waals surface area contributed by atoms with Crippen LogP contribution in [-0.4, -0.2) is 106 Å². The van der Waals surface area contributed by atoms with E-state index in [2.05, 4.69) is 10.6 Å². The Labute approximate surface area is 221 Å². The number of hydrogen-bond donors (Lipinski definition) is 2. The molecule has 0 unspecified atom stereocenters. The third-order valence-electron chi connectivity index (χ3n) is 6.79. The number of benzene rings is 2. The number of amides is 2. The van der Waals surface area contributed by atoms with Gasteiger partial charge in [0.15, 0.2) is 19.7 Å². The molecule has 2 amide bonds. The summed E-state index contributed by atoms with van der Waals surface area (Å²) in [6.07, 6.45) is 0. The molecule has 0 bridgehead atoms. The summed E-state index contributed by atoms with van der Waals surface area (Å²) < 4.78 is 46.4. The fraction of sp³-hybridized carbons (Fsp3) is 0.400. The van der Waals surface area contributed by atoms with Gasteiger partial charge in [-0.15, -0.1) is 0 Å². The van der Waals surface area contributed by atoms with Gasteiger partial charge in [-0.2, -0.15) is 0 Å². The van der Waals surface area contributed by atoms with E-state index >= 15 is 0 Å². The minimum atomic E-state index is -3.00. The summed E-state index contributed by atoms with van der Waals surface area (Å²) in [6, 6.07) is 12.9. The number of carbonyl (C=O) groups is 2. The molecular weight excluding hydrogens is 530 g/mol. The molecule has 3 aromatic rings. The van der Waals surface area contributed by atoms with Crippen LogP contribution in [0, 0.1) is 0 Å². The summed E-state index contributed by atoms with van der Waals surface area (Å²) in [7, 11) is -6.00. The third kappa shape index (κ3) is 6.65. The predicted octanol–water partition coefficient (Wildman–Crippen LogP) is 0.726. The summed E-state index contributed by atoms with van der Waals surface area (Å²) in [5.74, 6) is -0.172. The Morgan fingerprint density at radius 2 is 1.05 bits per heavy atom. The highest BCUT2D eigenvalue weighted by Gasteiger charge is 2.24. The van der Waals surface area contributed by atoms with Crippen LogP contribution < -0.4 is 10.6 Å². The Morgan fingerprint density at radius 1 is 0.658 bits per heavy atom. The van der Waals surface area contributed by atoms with Gasteiger partial charge in [-0.1, -0.05) is 12.1 Å². The van der Waals surface area contributed by atoms with Crippen molar-refractivity contribution in [3.8, 4) is 0 Å². The second kappa shape index (κ2) is 10.6. The van der Waals surface area contributed by atoms with Gasteiger partial charge in [-0.25, -0.2) is 21.8 Å². The minimum absolute atomic E-state index is 0.0677. The van der Waals surface area contributed by atoms with Crippen LogP contribution in [0.3, 0.4) is 0 Å². The van der Waals surface area contributed by atoms with Crippen LogP contribution in [0.15, 0.2) is 42.5 Å². The smallest absolute Gasteiger partial charge is 0.238 e. The van der Waals surface area contributed by atoms with E-state index in [-0.39, 0.29) is 47.9 Å². The molecule has 3 heterocycles. The maximum absolute atomic E-state index is 12.5. The van der Waals surface area contributed by atoms with Gasteiger partial charge in [-0.3, -0.25) is 19.4 Å². The van der Waals surface area contributed by atoms with Crippen molar-refractivity contribution in [2.24, 2.45) is 0 Å². The van der Waals surface area contributed by atoms with E-state index in [0.29, 0.717) is 48.6 Å². The zero-order valence-corrected chi connectivity index (χ0v) is 22.4. The van der Waals surface area contributed by atoms with E-state index < -0.39 is 19.7 Å². The summed E-state index contributed by atoms with van der Waals surface area (Å²) >= 11 is 0. The van der Waals surface area contributed by atoms with Crippen LogP contribution in [-0.2, 0) is 29.3 Å². The van der Waals surface area contributed by atoms with Crippen LogP contribution in [0.4, 0.5) is 11.4 Å². The van der Waals surface area contributed by atoms with Gasteiger partial charge in [0.1, 0.15) is 0 Å². The summed E-state index contributed by atoms with van der Waals surface area (Å²) in [6.45, 7) is 1.63. The maximum atomic E-state index is 12.5. The number of aromatic nitrogens is 1. The second-order valence-electron chi connectivity index (χ2n) is 9.76. The Balaban J connectivity index is 1.24. The molecule has 0 saturated carbocycles. The number of hydrogen-bond acceptors (Lipinski definition) is 9. The highest BCUT2D eigenvalue weighted by molar-refractivity contribution is 7.91. The van der Waals surface area contributed by atoms with Crippen LogP contribution in [0.1, 0.15) is 0 Å². The number of carbonyl (C=O) groups excluding carboxylic acids is 2. The molecule has 5 rings (SSSR count). The number of nitrogens with one attached hydrogen (secondary N) is 2. The first-order valence-corrected chi connectivity index (χ1v) is 16.0. The number of rotatable bonds is 6. The first kappa shape index (κ1) is 26.5. The highest BCUT2D eigenvalue weighted by atomic mass is 32.2. The van der Waals surface area contributed by atoms with Gasteiger partial charge in [-0.05, 0) is 30.3 Å². The van der Waals surface area contributed by atoms with Crippen molar-refractivity contribution in [2.75, 3.05) is 72.9 Å². The monoisotopic (exact) mass is 559 g/mol. The van der Waals surface area contributed by atoms with Crippen molar-refractivity contribution >= 4 is 64.7 Å². The van der Waals surface area contributed by atoms with Crippen LogP contribution >= 0.6 is 0 Å². The minimum Gasteiger partial charge on any atom is -0.325 e. The van der Waals surface area contributed by atoms with Gasteiger partial charge >= 0.3 is 0 Å². The van der Waals surface area contributed by atoms with E-state index in [4.69, 9.17) is 4.98 Å². The average Bonchev–Trinajstić information content (AvgIpc) is 2.85. The summed E-state index contributed by atoms with van der Waals surface area (Å²) in [4.78, 5) is 33.4. The SMILES string of the molecule is O=C(CN1CCS(=O)(=O)CC1)Nc1ccc2cc3ccc(NC(=O)CN4CCS(=O)(=O)CC4)cc3nc2c1. The van der Waals surface area contributed by atoms with Gasteiger partial charge in [0, 0.05) is 48.3 Å². The molecule has 2 N–H and O–H groups in total. The van der Waals surface area contributed by atoms with Gasteiger partial charge in [0.25, 0.3) is 0 Å². The van der Waals surface area contributed by atoms with E-state index in [1.165, 1.54) is 0 Å². The van der Waals surface area contributed by atoms with Crippen molar-refractivity contribution in [1.29, 1.82) is 0 Å². The van der Waals surface area contributed by atoms with Crippen LogP contribution in [0.2, 0.25) is 0 Å². The molecule has 2 aromatic carbocycles. The number of sulfone groups is 2. The van der Waals surface area contributed by atoms with Crippen LogP contribution in [0.5, 0.6) is 0 Å². The summed E-state index contributed by atoms with van der Waals surface area (Å²) in [5, 5.41) is 7.52. The van der Waals surface area contributed by atoms with Crippen molar-refractivity contribution < 1.29 is 26.4 Å². The molecule has 0 aliphatic carbocycles. The molecule has 2 aliphatic heterocycles. The van der Waals surface area contributed by atoms with Crippen molar-refractivity contribution in [3.05, 3.63) is 42.5 Å². The number of nitrogens with zero attached hydrogens (tertiary/aromatic N) is 3. The fourth-order valence-corrected chi connectivity index (χ4v) is 7.16. The molecule has 11 nitrogen and oxygen atoms in total. The van der Waals surface area contributed by atoms with Crippen molar-refractivity contribution in [2.45, 2.75) is 0 Å². The van der Waals surface area contributed by atoms with E-state index in [1.807, 2.05) is 28.0 Å². The maximum Gasteiger partial charge on any atom is 0.238 e. The lowest BCUT2D eigenvalue weighted by molar-refractivity contribution is -0.118. The van der Waals surface area contributed by atoms with E-state index in [1.54, 1.807) is 24.3 Å². The molecular formula is C25H29N5O6S2. The van der Waals surface area contributed by atoms with Crippen LogP contribution in [0.25, 0.3) is 21.8 Å². The lowest BCUT2D eigenvalue weighted by Gasteiger charge is -2.25. The Bertz CT molecular complexity index is 1480. The summed E-state index contributed by atoms with van der Waals surface area (Å²) in [5.41, 5.74) is 2.54. The first-order valence-electron chi connectivity index (χ1n) is 12.3. The lowest BCUT2D eigenvalue weighted by atomic mass is 10.1. The zero-order chi connectivity index (χ0) is 26.9. The lowest BCUT2D eigenvalue weighted by Crippen LogP contribution is -2.43. The quantitative estimate of drug-likeness (QED) is 0.417. The molecule has 0 radical (unpaired) electrons.